The molecule has 1 aliphatic heterocycles. The van der Waals surface area contributed by atoms with Crippen LogP contribution >= 0.6 is 0 Å². The molecule has 1 aliphatic rings. The Hall–Kier alpha value is -1.06. The lowest BCUT2D eigenvalue weighted by Gasteiger charge is -2.33. The van der Waals surface area contributed by atoms with Crippen molar-refractivity contribution in [2.24, 2.45) is 0 Å². The number of rotatable bonds is 5. The van der Waals surface area contributed by atoms with Crippen molar-refractivity contribution in [2.45, 2.75) is 58.2 Å². The van der Waals surface area contributed by atoms with Gasteiger partial charge in [-0.1, -0.05) is 25.1 Å². The molecule has 0 fully saturated rings. The number of fused-ring (bicyclic) bond motifs is 1. The lowest BCUT2D eigenvalue weighted by Crippen LogP contribution is -2.41. The fourth-order valence-corrected chi connectivity index (χ4v) is 3.00. The molecular weight excluding hydrogens is 248 g/mol. The van der Waals surface area contributed by atoms with Gasteiger partial charge in [-0.2, -0.15) is 0 Å². The van der Waals surface area contributed by atoms with Gasteiger partial charge in [-0.05, 0) is 51.3 Å². The van der Waals surface area contributed by atoms with Crippen LogP contribution < -0.4 is 10.2 Å². The number of para-hydroxylation sites is 1. The predicted molar refractivity (Wildman–Crippen MR) is 85.2 cm³/mol. The summed E-state index contributed by atoms with van der Waals surface area (Å²) in [6, 6.07) is 9.24. The fraction of sp³-hybridized carbons (Fsp3) is 0.647. The summed E-state index contributed by atoms with van der Waals surface area (Å²) in [5.41, 5.74) is 2.66. The maximum Gasteiger partial charge on any atom is 0.0712 e. The molecule has 3 heteroatoms. The molecule has 2 rings (SSSR count). The molecule has 0 bridgehead atoms. The van der Waals surface area contributed by atoms with Crippen LogP contribution in [-0.2, 0) is 0 Å². The first kappa shape index (κ1) is 15.3. The highest BCUT2D eigenvalue weighted by molar-refractivity contribution is 5.56. The average molecular weight is 276 g/mol. The van der Waals surface area contributed by atoms with Crippen LogP contribution in [0.4, 0.5) is 5.69 Å². The van der Waals surface area contributed by atoms with Crippen molar-refractivity contribution in [3.8, 4) is 0 Å². The van der Waals surface area contributed by atoms with E-state index in [0.717, 1.165) is 25.9 Å². The predicted octanol–water partition coefficient (Wildman–Crippen LogP) is 3.10. The third-order valence-electron chi connectivity index (χ3n) is 4.34. The maximum absolute atomic E-state index is 9.94. The lowest BCUT2D eigenvalue weighted by atomic mass is 10.0. The van der Waals surface area contributed by atoms with Crippen molar-refractivity contribution in [3.63, 3.8) is 0 Å². The SMILES string of the molecule is CCCNC1CCCN(C(C)C(C)O)c2ccccc21. The molecule has 0 aliphatic carbocycles. The highest BCUT2D eigenvalue weighted by Crippen LogP contribution is 2.34. The lowest BCUT2D eigenvalue weighted by molar-refractivity contribution is 0.165. The van der Waals surface area contributed by atoms with Crippen LogP contribution in [0.2, 0.25) is 0 Å². The molecule has 2 N–H and O–H groups in total. The molecule has 3 atom stereocenters. The van der Waals surface area contributed by atoms with Crippen molar-refractivity contribution in [1.29, 1.82) is 0 Å². The van der Waals surface area contributed by atoms with Gasteiger partial charge in [0.1, 0.15) is 0 Å². The van der Waals surface area contributed by atoms with Crippen LogP contribution in [0, 0.1) is 0 Å². The minimum Gasteiger partial charge on any atom is -0.391 e. The van der Waals surface area contributed by atoms with E-state index in [1.807, 2.05) is 6.92 Å². The number of hydrogen-bond donors (Lipinski definition) is 2. The Morgan fingerprint density at radius 1 is 1.35 bits per heavy atom. The van der Waals surface area contributed by atoms with Gasteiger partial charge < -0.3 is 15.3 Å². The highest BCUT2D eigenvalue weighted by atomic mass is 16.3. The van der Waals surface area contributed by atoms with Crippen molar-refractivity contribution >= 4 is 5.69 Å². The van der Waals surface area contributed by atoms with E-state index in [1.54, 1.807) is 0 Å². The van der Waals surface area contributed by atoms with E-state index < -0.39 is 0 Å². The molecule has 20 heavy (non-hydrogen) atoms. The van der Waals surface area contributed by atoms with E-state index in [9.17, 15) is 5.11 Å². The Balaban J connectivity index is 2.30. The van der Waals surface area contributed by atoms with Gasteiger partial charge in [-0.25, -0.2) is 0 Å². The van der Waals surface area contributed by atoms with E-state index >= 15 is 0 Å². The summed E-state index contributed by atoms with van der Waals surface area (Å²) < 4.78 is 0. The van der Waals surface area contributed by atoms with Crippen LogP contribution in [0.5, 0.6) is 0 Å². The third-order valence-corrected chi connectivity index (χ3v) is 4.34. The van der Waals surface area contributed by atoms with E-state index in [2.05, 4.69) is 48.3 Å². The first-order valence-electron chi connectivity index (χ1n) is 7.92. The van der Waals surface area contributed by atoms with Gasteiger partial charge >= 0.3 is 0 Å². The van der Waals surface area contributed by atoms with Gasteiger partial charge in [-0.15, -0.1) is 0 Å². The Kier molecular flexibility index (Phi) is 5.44. The Bertz CT molecular complexity index is 419. The standard InChI is InChI=1S/C17H28N2O/c1-4-11-18-16-9-7-12-19(13(2)14(3)20)17-10-6-5-8-15(16)17/h5-6,8,10,13-14,16,18,20H,4,7,9,11-12H2,1-3H3. The number of anilines is 1. The fourth-order valence-electron chi connectivity index (χ4n) is 3.00. The quantitative estimate of drug-likeness (QED) is 0.867. The second-order valence-electron chi connectivity index (χ2n) is 5.88. The topological polar surface area (TPSA) is 35.5 Å². The summed E-state index contributed by atoms with van der Waals surface area (Å²) in [6.07, 6.45) is 3.17. The van der Waals surface area contributed by atoms with Gasteiger partial charge in [0, 0.05) is 18.3 Å². The molecule has 0 aromatic heterocycles. The minimum atomic E-state index is -0.316. The molecular formula is C17H28N2O. The van der Waals surface area contributed by atoms with Gasteiger partial charge in [0.25, 0.3) is 0 Å². The van der Waals surface area contributed by atoms with Crippen molar-refractivity contribution in [1.82, 2.24) is 5.32 Å². The maximum atomic E-state index is 9.94. The Labute approximate surface area is 123 Å². The summed E-state index contributed by atoms with van der Waals surface area (Å²) >= 11 is 0. The molecule has 0 amide bonds. The Morgan fingerprint density at radius 2 is 2.10 bits per heavy atom. The van der Waals surface area contributed by atoms with Crippen LogP contribution in [0.3, 0.4) is 0 Å². The van der Waals surface area contributed by atoms with Gasteiger partial charge in [0.2, 0.25) is 0 Å². The summed E-state index contributed by atoms with van der Waals surface area (Å²) in [4.78, 5) is 2.37. The normalized spacial score (nSPS) is 22.0. The van der Waals surface area contributed by atoms with Gasteiger partial charge in [0.05, 0.1) is 12.1 Å². The summed E-state index contributed by atoms with van der Waals surface area (Å²) in [5, 5.41) is 13.6. The van der Waals surface area contributed by atoms with Crippen molar-refractivity contribution < 1.29 is 5.11 Å². The summed E-state index contributed by atoms with van der Waals surface area (Å²) in [5.74, 6) is 0. The second-order valence-corrected chi connectivity index (χ2v) is 5.88. The number of benzene rings is 1. The molecule has 3 unspecified atom stereocenters. The number of nitrogens with zero attached hydrogens (tertiary/aromatic N) is 1. The molecule has 1 aromatic rings. The van der Waals surface area contributed by atoms with Crippen LogP contribution in [0.1, 0.15) is 51.6 Å². The van der Waals surface area contributed by atoms with Gasteiger partial charge in [-0.3, -0.25) is 0 Å². The summed E-state index contributed by atoms with van der Waals surface area (Å²) in [6.45, 7) is 8.28. The van der Waals surface area contributed by atoms with E-state index in [-0.39, 0.29) is 12.1 Å². The van der Waals surface area contributed by atoms with Crippen molar-refractivity contribution in [2.75, 3.05) is 18.0 Å². The zero-order chi connectivity index (χ0) is 14.5. The highest BCUT2D eigenvalue weighted by Gasteiger charge is 2.26. The minimum absolute atomic E-state index is 0.154. The number of hydrogen-bond acceptors (Lipinski definition) is 3. The Morgan fingerprint density at radius 3 is 2.80 bits per heavy atom. The van der Waals surface area contributed by atoms with Crippen LogP contribution in [0.15, 0.2) is 24.3 Å². The monoisotopic (exact) mass is 276 g/mol. The largest absolute Gasteiger partial charge is 0.391 e. The first-order valence-corrected chi connectivity index (χ1v) is 7.92. The number of aliphatic hydroxyl groups is 1. The van der Waals surface area contributed by atoms with E-state index in [0.29, 0.717) is 6.04 Å². The van der Waals surface area contributed by atoms with Crippen molar-refractivity contribution in [3.05, 3.63) is 29.8 Å². The van der Waals surface area contributed by atoms with Crippen LogP contribution in [-0.4, -0.2) is 30.3 Å². The van der Waals surface area contributed by atoms with Crippen LogP contribution in [0.25, 0.3) is 0 Å². The molecule has 0 saturated carbocycles. The van der Waals surface area contributed by atoms with E-state index in [1.165, 1.54) is 17.7 Å². The average Bonchev–Trinajstić information content (AvgIpc) is 2.64. The molecule has 0 radical (unpaired) electrons. The molecule has 1 heterocycles. The molecule has 1 aromatic carbocycles. The first-order chi connectivity index (χ1) is 9.65. The third kappa shape index (κ3) is 3.33. The molecule has 0 saturated heterocycles. The van der Waals surface area contributed by atoms with Gasteiger partial charge in [0.15, 0.2) is 0 Å². The smallest absolute Gasteiger partial charge is 0.0712 e. The number of aliphatic hydroxyl groups excluding tert-OH is 1. The zero-order valence-corrected chi connectivity index (χ0v) is 13.0. The zero-order valence-electron chi connectivity index (χ0n) is 13.0. The molecule has 0 spiro atoms. The number of nitrogens with one attached hydrogen (secondary N) is 1. The molecule has 3 nitrogen and oxygen atoms in total. The summed E-state index contributed by atoms with van der Waals surface area (Å²) in [7, 11) is 0. The molecule has 112 valence electrons. The van der Waals surface area contributed by atoms with E-state index in [4.69, 9.17) is 0 Å². The second kappa shape index (κ2) is 7.09.